The quantitative estimate of drug-likeness (QED) is 0.851. The normalized spacial score (nSPS) is 19.3. The number of halogens is 1. The molecule has 1 aliphatic heterocycles. The first-order chi connectivity index (χ1) is 11.2. The molecule has 0 radical (unpaired) electrons. The first-order valence-corrected chi connectivity index (χ1v) is 10.5. The van der Waals surface area contributed by atoms with Gasteiger partial charge in [-0.25, -0.2) is 13.4 Å². The topological polar surface area (TPSA) is 62.3 Å². The van der Waals surface area contributed by atoms with E-state index in [0.29, 0.717) is 23.9 Å². The number of fused-ring (bicyclic) bond motifs is 1. The molecule has 2 heterocycles. The van der Waals surface area contributed by atoms with E-state index in [4.69, 9.17) is 0 Å². The van der Waals surface area contributed by atoms with Crippen molar-refractivity contribution in [2.45, 2.75) is 37.5 Å². The van der Waals surface area contributed by atoms with E-state index >= 15 is 0 Å². The molecule has 2 aromatic rings. The SMILES string of the molecule is CNCC1CCN(S(=O)(=O)c2ccc3nc(C(C)(C)C)sc3c2)C1.Cl. The summed E-state index contributed by atoms with van der Waals surface area (Å²) in [5, 5.41) is 4.16. The Balaban J connectivity index is 0.00000225. The van der Waals surface area contributed by atoms with E-state index in [1.165, 1.54) is 0 Å². The monoisotopic (exact) mass is 403 g/mol. The van der Waals surface area contributed by atoms with Crippen molar-refractivity contribution in [3.63, 3.8) is 0 Å². The van der Waals surface area contributed by atoms with Gasteiger partial charge in [0.05, 0.1) is 20.1 Å². The number of thiazole rings is 1. The Kier molecular flexibility index (Phi) is 6.16. The van der Waals surface area contributed by atoms with E-state index in [2.05, 4.69) is 31.1 Å². The summed E-state index contributed by atoms with van der Waals surface area (Å²) >= 11 is 1.58. The predicted molar refractivity (Wildman–Crippen MR) is 106 cm³/mol. The predicted octanol–water partition coefficient (Wildman–Crippen LogP) is 3.25. The zero-order valence-electron chi connectivity index (χ0n) is 15.1. The molecule has 1 N–H and O–H groups in total. The fourth-order valence-corrected chi connectivity index (χ4v) is 5.70. The maximum atomic E-state index is 12.9. The molecule has 1 saturated heterocycles. The van der Waals surface area contributed by atoms with Gasteiger partial charge >= 0.3 is 0 Å². The Morgan fingerprint density at radius 1 is 1.36 bits per heavy atom. The van der Waals surface area contributed by atoms with E-state index in [9.17, 15) is 8.42 Å². The van der Waals surface area contributed by atoms with Crippen LogP contribution in [-0.4, -0.2) is 44.4 Å². The van der Waals surface area contributed by atoms with Gasteiger partial charge in [0.2, 0.25) is 10.0 Å². The van der Waals surface area contributed by atoms with Crippen molar-refractivity contribution in [3.05, 3.63) is 23.2 Å². The van der Waals surface area contributed by atoms with Crippen LogP contribution in [0.5, 0.6) is 0 Å². The zero-order chi connectivity index (χ0) is 17.5. The van der Waals surface area contributed by atoms with Crippen molar-refractivity contribution < 1.29 is 8.42 Å². The molecule has 0 saturated carbocycles. The average Bonchev–Trinajstić information content (AvgIpc) is 3.12. The second-order valence-electron chi connectivity index (χ2n) is 7.47. The Hall–Kier alpha value is -0.730. The molecule has 25 heavy (non-hydrogen) atoms. The molecule has 5 nitrogen and oxygen atoms in total. The third-order valence-electron chi connectivity index (χ3n) is 4.38. The maximum Gasteiger partial charge on any atom is 0.243 e. The number of aromatic nitrogens is 1. The first-order valence-electron chi connectivity index (χ1n) is 8.27. The molecular weight excluding hydrogens is 378 g/mol. The Morgan fingerprint density at radius 3 is 2.72 bits per heavy atom. The Morgan fingerprint density at radius 2 is 2.08 bits per heavy atom. The lowest BCUT2D eigenvalue weighted by Gasteiger charge is -2.16. The molecule has 1 aromatic carbocycles. The van der Waals surface area contributed by atoms with Crippen LogP contribution in [0.25, 0.3) is 10.2 Å². The van der Waals surface area contributed by atoms with Crippen molar-refractivity contribution in [1.29, 1.82) is 0 Å². The Labute approximate surface area is 160 Å². The van der Waals surface area contributed by atoms with Gasteiger partial charge in [0, 0.05) is 18.5 Å². The number of hydrogen-bond donors (Lipinski definition) is 1. The second kappa shape index (κ2) is 7.48. The van der Waals surface area contributed by atoms with Crippen LogP contribution in [-0.2, 0) is 15.4 Å². The van der Waals surface area contributed by atoms with Gasteiger partial charge in [-0.1, -0.05) is 20.8 Å². The molecule has 3 rings (SSSR count). The highest BCUT2D eigenvalue weighted by Gasteiger charge is 2.32. The molecule has 1 aliphatic rings. The van der Waals surface area contributed by atoms with Crippen LogP contribution in [0, 0.1) is 5.92 Å². The van der Waals surface area contributed by atoms with Gasteiger partial charge in [0.25, 0.3) is 0 Å². The van der Waals surface area contributed by atoms with Crippen LogP contribution < -0.4 is 5.32 Å². The third kappa shape index (κ3) is 4.17. The molecular formula is C17H26ClN3O2S2. The minimum atomic E-state index is -3.42. The van der Waals surface area contributed by atoms with Gasteiger partial charge in [-0.05, 0) is 44.1 Å². The summed E-state index contributed by atoms with van der Waals surface area (Å²) in [5.41, 5.74) is 0.844. The minimum absolute atomic E-state index is 0. The van der Waals surface area contributed by atoms with Gasteiger partial charge in [-0.15, -0.1) is 23.7 Å². The lowest BCUT2D eigenvalue weighted by atomic mass is 9.98. The molecule has 8 heteroatoms. The molecule has 0 bridgehead atoms. The summed E-state index contributed by atoms with van der Waals surface area (Å²) in [5.74, 6) is 0.393. The van der Waals surface area contributed by atoms with Crippen molar-refractivity contribution in [2.24, 2.45) is 5.92 Å². The summed E-state index contributed by atoms with van der Waals surface area (Å²) in [6.07, 6.45) is 0.914. The van der Waals surface area contributed by atoms with Crippen molar-refractivity contribution >= 4 is 44.0 Å². The number of hydrogen-bond acceptors (Lipinski definition) is 5. The molecule has 0 aliphatic carbocycles. The van der Waals surface area contributed by atoms with Crippen LogP contribution in [0.1, 0.15) is 32.2 Å². The van der Waals surface area contributed by atoms with Crippen molar-refractivity contribution in [2.75, 3.05) is 26.7 Å². The lowest BCUT2D eigenvalue weighted by molar-refractivity contribution is 0.451. The Bertz CT molecular complexity index is 843. The van der Waals surface area contributed by atoms with E-state index in [0.717, 1.165) is 28.2 Å². The summed E-state index contributed by atoms with van der Waals surface area (Å²) in [7, 11) is -1.52. The van der Waals surface area contributed by atoms with Crippen molar-refractivity contribution in [3.8, 4) is 0 Å². The number of rotatable bonds is 4. The van der Waals surface area contributed by atoms with Gasteiger partial charge in [0.1, 0.15) is 0 Å². The summed E-state index contributed by atoms with van der Waals surface area (Å²) in [6.45, 7) is 8.41. The highest BCUT2D eigenvalue weighted by Crippen LogP contribution is 2.33. The van der Waals surface area contributed by atoms with Crippen LogP contribution in [0.15, 0.2) is 23.1 Å². The van der Waals surface area contributed by atoms with E-state index in [-0.39, 0.29) is 17.8 Å². The number of nitrogens with zero attached hydrogens (tertiary/aromatic N) is 2. The molecule has 0 spiro atoms. The van der Waals surface area contributed by atoms with Gasteiger partial charge in [-0.2, -0.15) is 4.31 Å². The van der Waals surface area contributed by atoms with Crippen molar-refractivity contribution in [1.82, 2.24) is 14.6 Å². The lowest BCUT2D eigenvalue weighted by Crippen LogP contribution is -2.30. The van der Waals surface area contributed by atoms with E-state index in [1.54, 1.807) is 27.8 Å². The molecule has 1 fully saturated rings. The first kappa shape index (κ1) is 20.6. The van der Waals surface area contributed by atoms with Crippen LogP contribution in [0.4, 0.5) is 0 Å². The highest BCUT2D eigenvalue weighted by molar-refractivity contribution is 7.89. The smallest absolute Gasteiger partial charge is 0.243 e. The largest absolute Gasteiger partial charge is 0.319 e. The summed E-state index contributed by atoms with van der Waals surface area (Å²) in [4.78, 5) is 5.02. The van der Waals surface area contributed by atoms with Crippen LogP contribution >= 0.6 is 23.7 Å². The summed E-state index contributed by atoms with van der Waals surface area (Å²) < 4.78 is 28.4. The number of nitrogens with one attached hydrogen (secondary N) is 1. The fourth-order valence-electron chi connectivity index (χ4n) is 3.01. The second-order valence-corrected chi connectivity index (χ2v) is 10.4. The zero-order valence-corrected chi connectivity index (χ0v) is 17.5. The van der Waals surface area contributed by atoms with E-state index < -0.39 is 10.0 Å². The molecule has 0 amide bonds. The number of benzene rings is 1. The van der Waals surface area contributed by atoms with Gasteiger partial charge < -0.3 is 5.32 Å². The van der Waals surface area contributed by atoms with Gasteiger partial charge in [0.15, 0.2) is 0 Å². The third-order valence-corrected chi connectivity index (χ3v) is 7.69. The van der Waals surface area contributed by atoms with Crippen LogP contribution in [0.2, 0.25) is 0 Å². The van der Waals surface area contributed by atoms with E-state index in [1.807, 2.05) is 13.1 Å². The summed E-state index contributed by atoms with van der Waals surface area (Å²) in [6, 6.07) is 5.30. The average molecular weight is 404 g/mol. The minimum Gasteiger partial charge on any atom is -0.319 e. The molecule has 1 unspecified atom stereocenters. The fraction of sp³-hybridized carbons (Fsp3) is 0.588. The number of sulfonamides is 1. The standard InChI is InChI=1S/C17H25N3O2S2.ClH/c1-17(2,3)16-19-14-6-5-13(9-15(14)23-16)24(21,22)20-8-7-12(11-20)10-18-4;/h5-6,9,12,18H,7-8,10-11H2,1-4H3;1H. The molecule has 1 aromatic heterocycles. The maximum absolute atomic E-state index is 12.9. The molecule has 140 valence electrons. The van der Waals surface area contributed by atoms with Crippen LogP contribution in [0.3, 0.4) is 0 Å². The molecule has 1 atom stereocenters. The highest BCUT2D eigenvalue weighted by atomic mass is 35.5. The van der Waals surface area contributed by atoms with Gasteiger partial charge in [-0.3, -0.25) is 0 Å².